The van der Waals surface area contributed by atoms with E-state index in [0.717, 1.165) is 15.2 Å². The molecule has 0 unspecified atom stereocenters. The van der Waals surface area contributed by atoms with Gasteiger partial charge in [0.15, 0.2) is 0 Å². The number of rotatable bonds is 1. The summed E-state index contributed by atoms with van der Waals surface area (Å²) in [6.07, 6.45) is 1.73. The van der Waals surface area contributed by atoms with Crippen molar-refractivity contribution in [1.29, 1.82) is 0 Å². The third-order valence-electron chi connectivity index (χ3n) is 3.23. The topological polar surface area (TPSA) is 61.1 Å². The van der Waals surface area contributed by atoms with Gasteiger partial charge < -0.3 is 4.72 Å². The van der Waals surface area contributed by atoms with Crippen molar-refractivity contribution in [2.45, 2.75) is 4.90 Å². The van der Waals surface area contributed by atoms with Gasteiger partial charge >= 0.3 is 0 Å². The minimum Gasteiger partial charge on any atom is -0.572 e. The van der Waals surface area contributed by atoms with Crippen molar-refractivity contribution in [3.05, 3.63) is 63.8 Å². The summed E-state index contributed by atoms with van der Waals surface area (Å²) in [6.45, 7) is 0. The number of hydrogen-bond acceptors (Lipinski definition) is 4. The van der Waals surface area contributed by atoms with Gasteiger partial charge in [0.2, 0.25) is 0 Å². The Morgan fingerprint density at radius 1 is 1.05 bits per heavy atom. The van der Waals surface area contributed by atoms with Crippen LogP contribution in [0.15, 0.2) is 53.4 Å². The fourth-order valence-electron chi connectivity index (χ4n) is 2.30. The second-order valence-corrected chi connectivity index (χ2v) is 7.25. The number of para-hydroxylation sites is 1. The summed E-state index contributed by atoms with van der Waals surface area (Å²) >= 11 is 1.52. The maximum atomic E-state index is 12.0. The largest absolute Gasteiger partial charge is 0.572 e. The quantitative estimate of drug-likeness (QED) is 0.604. The van der Waals surface area contributed by atoms with E-state index >= 15 is 0 Å². The molecule has 0 spiro atoms. The normalized spacial score (nSPS) is 17.0. The number of hydrogen-bond donors (Lipinski definition) is 0. The van der Waals surface area contributed by atoms with E-state index in [0.29, 0.717) is 11.3 Å². The molecule has 1 aliphatic heterocycles. The van der Waals surface area contributed by atoms with Crippen LogP contribution in [0.1, 0.15) is 10.6 Å². The zero-order chi connectivity index (χ0) is 14.4. The first-order valence-corrected chi connectivity index (χ1v) is 8.54. The van der Waals surface area contributed by atoms with Crippen LogP contribution in [-0.4, -0.2) is 13.4 Å². The molecule has 0 saturated heterocycles. The summed E-state index contributed by atoms with van der Waals surface area (Å²) in [7, 11) is -3.57. The first kappa shape index (κ1) is 15.3. The van der Waals surface area contributed by atoms with Crippen molar-refractivity contribution in [1.82, 2.24) is 4.98 Å². The Balaban J connectivity index is 0.00000144. The maximum absolute atomic E-state index is 12.0. The number of aromatic nitrogens is 1. The van der Waals surface area contributed by atoms with E-state index in [1.54, 1.807) is 30.3 Å². The molecule has 22 heavy (non-hydrogen) atoms. The van der Waals surface area contributed by atoms with Gasteiger partial charge in [-0.05, 0) is 29.8 Å². The molecule has 7 heteroatoms. The molecule has 0 N–H and O–H groups in total. The zero-order valence-electron chi connectivity index (χ0n) is 11.4. The van der Waals surface area contributed by atoms with E-state index in [4.69, 9.17) is 0 Å². The molecule has 0 radical (unpaired) electrons. The van der Waals surface area contributed by atoms with Crippen LogP contribution in [0.3, 0.4) is 0 Å². The predicted molar refractivity (Wildman–Crippen MR) is 84.5 cm³/mol. The SMILES string of the molecule is O=S1(=O)[N-]/C(=C\c2nc3ccccc3s2)c2ccccc21.[Zn]. The Kier molecular flexibility index (Phi) is 3.89. The number of sulfonamides is 1. The molecule has 4 rings (SSSR count). The van der Waals surface area contributed by atoms with Crippen LogP contribution in [0.5, 0.6) is 0 Å². The van der Waals surface area contributed by atoms with Gasteiger partial charge in [0.25, 0.3) is 0 Å². The van der Waals surface area contributed by atoms with Crippen LogP contribution in [0.4, 0.5) is 0 Å². The Labute approximate surface area is 144 Å². The Morgan fingerprint density at radius 2 is 1.77 bits per heavy atom. The molecule has 4 nitrogen and oxygen atoms in total. The van der Waals surface area contributed by atoms with E-state index in [1.165, 1.54) is 11.3 Å². The average molecular weight is 379 g/mol. The first-order valence-electron chi connectivity index (χ1n) is 6.28. The van der Waals surface area contributed by atoms with Crippen molar-refractivity contribution in [3.63, 3.8) is 0 Å². The monoisotopic (exact) mass is 377 g/mol. The molecule has 0 saturated carbocycles. The molecule has 0 amide bonds. The number of benzene rings is 2. The minimum atomic E-state index is -3.57. The molecule has 0 fully saturated rings. The molecular weight excluding hydrogens is 370 g/mol. The number of thiazole rings is 1. The summed E-state index contributed by atoms with van der Waals surface area (Å²) in [6, 6.07) is 14.7. The summed E-state index contributed by atoms with van der Waals surface area (Å²) in [5.74, 6) is 0. The van der Waals surface area contributed by atoms with Gasteiger partial charge in [-0.25, -0.2) is 13.4 Å². The Bertz CT molecular complexity index is 960. The van der Waals surface area contributed by atoms with E-state index in [1.807, 2.05) is 24.3 Å². The van der Waals surface area contributed by atoms with Crippen molar-refractivity contribution < 1.29 is 27.9 Å². The second kappa shape index (κ2) is 5.57. The molecule has 0 bridgehead atoms. The molecule has 1 aromatic heterocycles. The van der Waals surface area contributed by atoms with E-state index < -0.39 is 10.0 Å². The van der Waals surface area contributed by atoms with E-state index in [9.17, 15) is 8.42 Å². The van der Waals surface area contributed by atoms with Crippen LogP contribution in [0, 0.1) is 0 Å². The fourth-order valence-corrected chi connectivity index (χ4v) is 4.42. The van der Waals surface area contributed by atoms with Crippen molar-refractivity contribution in [2.24, 2.45) is 0 Å². The molecule has 106 valence electrons. The zero-order valence-corrected chi connectivity index (χ0v) is 16.0. The molecule has 0 atom stereocenters. The average Bonchev–Trinajstić information content (AvgIpc) is 2.98. The first-order chi connectivity index (χ1) is 10.1. The van der Waals surface area contributed by atoms with Gasteiger partial charge in [-0.3, -0.25) is 0 Å². The maximum Gasteiger partial charge on any atom is 0.123 e. The van der Waals surface area contributed by atoms with Gasteiger partial charge in [-0.2, -0.15) is 0 Å². The number of fused-ring (bicyclic) bond motifs is 2. The van der Waals surface area contributed by atoms with Crippen molar-refractivity contribution in [3.8, 4) is 0 Å². The van der Waals surface area contributed by atoms with E-state index in [2.05, 4.69) is 9.71 Å². The molecule has 0 aliphatic carbocycles. The minimum absolute atomic E-state index is 0. The smallest absolute Gasteiger partial charge is 0.123 e. The second-order valence-electron chi connectivity index (χ2n) is 4.61. The van der Waals surface area contributed by atoms with Gasteiger partial charge in [0.05, 0.1) is 15.1 Å². The molecule has 1 aliphatic rings. The van der Waals surface area contributed by atoms with Crippen molar-refractivity contribution in [2.75, 3.05) is 0 Å². The third kappa shape index (κ3) is 2.49. The molecule has 3 aromatic rings. The van der Waals surface area contributed by atoms with E-state index in [-0.39, 0.29) is 24.4 Å². The summed E-state index contributed by atoms with van der Waals surface area (Å²) in [5.41, 5.74) is 1.99. The Hall–Kier alpha value is -1.56. The van der Waals surface area contributed by atoms with Crippen LogP contribution in [-0.2, 0) is 29.5 Å². The van der Waals surface area contributed by atoms with Gasteiger partial charge in [0, 0.05) is 19.5 Å². The van der Waals surface area contributed by atoms with Gasteiger partial charge in [-0.15, -0.1) is 17.0 Å². The number of nitrogens with zero attached hydrogens (tertiary/aromatic N) is 2. The van der Waals surface area contributed by atoms with Crippen LogP contribution in [0.25, 0.3) is 26.7 Å². The third-order valence-corrected chi connectivity index (χ3v) is 5.56. The summed E-state index contributed by atoms with van der Waals surface area (Å²) in [4.78, 5) is 4.75. The summed E-state index contributed by atoms with van der Waals surface area (Å²) in [5, 5.41) is 0.752. The van der Waals surface area contributed by atoms with Crippen molar-refractivity contribution >= 4 is 43.3 Å². The van der Waals surface area contributed by atoms with Crippen LogP contribution < -0.4 is 0 Å². The van der Waals surface area contributed by atoms with Gasteiger partial charge in [-0.1, -0.05) is 30.3 Å². The van der Waals surface area contributed by atoms with Crippen LogP contribution >= 0.6 is 11.3 Å². The predicted octanol–water partition coefficient (Wildman–Crippen LogP) is 3.87. The molecular formula is C15H9N2O2S2Zn-. The fraction of sp³-hybridized carbons (Fsp3) is 0. The summed E-state index contributed by atoms with van der Waals surface area (Å²) < 4.78 is 28.9. The molecule has 2 aromatic carbocycles. The molecule has 2 heterocycles. The Morgan fingerprint density at radius 3 is 2.59 bits per heavy atom. The van der Waals surface area contributed by atoms with Gasteiger partial charge in [0.1, 0.15) is 15.0 Å². The van der Waals surface area contributed by atoms with Crippen LogP contribution in [0.2, 0.25) is 0 Å². The standard InChI is InChI=1S/C15H9N2O2S2.Zn/c18-21(19)14-8-4-1-5-10(14)12(17-21)9-15-16-11-6-2-3-7-13(11)20-15;/h1-9H;/q-1;/b12-9-;.